The van der Waals surface area contributed by atoms with Gasteiger partial charge in [0.2, 0.25) is 5.91 Å². The minimum Gasteiger partial charge on any atom is -0.489 e. The van der Waals surface area contributed by atoms with Gasteiger partial charge in [-0.25, -0.2) is 0 Å². The van der Waals surface area contributed by atoms with Gasteiger partial charge >= 0.3 is 0 Å². The van der Waals surface area contributed by atoms with Crippen LogP contribution in [0.1, 0.15) is 28.4 Å². The molecule has 0 aliphatic carbocycles. The number of ether oxygens (including phenoxy) is 2. The van der Waals surface area contributed by atoms with Gasteiger partial charge in [0.25, 0.3) is 0 Å². The van der Waals surface area contributed by atoms with Crippen LogP contribution >= 0.6 is 0 Å². The third-order valence-electron chi connectivity index (χ3n) is 6.13. The minimum atomic E-state index is -0.0274. The third-order valence-corrected chi connectivity index (χ3v) is 6.13. The first kappa shape index (κ1) is 22.5. The van der Waals surface area contributed by atoms with Gasteiger partial charge < -0.3 is 9.47 Å². The summed E-state index contributed by atoms with van der Waals surface area (Å²) in [4.78, 5) is 12.7. The Hall–Kier alpha value is -4.31. The second-order valence-electron chi connectivity index (χ2n) is 8.58. The lowest BCUT2D eigenvalue weighted by atomic mass is 10.1. The van der Waals surface area contributed by atoms with Crippen molar-refractivity contribution in [3.63, 3.8) is 0 Å². The van der Waals surface area contributed by atoms with E-state index in [9.17, 15) is 4.79 Å². The lowest BCUT2D eigenvalue weighted by Crippen LogP contribution is -2.07. The Kier molecular flexibility index (Phi) is 6.36. The van der Waals surface area contributed by atoms with Crippen molar-refractivity contribution in [2.75, 3.05) is 0 Å². The highest BCUT2D eigenvalue weighted by Crippen LogP contribution is 2.36. The highest BCUT2D eigenvalue weighted by atomic mass is 16.5. The molecular weight excluding hydrogens is 434 g/mol. The van der Waals surface area contributed by atoms with Crippen molar-refractivity contribution in [1.29, 1.82) is 0 Å². The van der Waals surface area contributed by atoms with Crippen molar-refractivity contribution in [2.24, 2.45) is 0 Å². The highest BCUT2D eigenvalue weighted by Gasteiger charge is 2.19. The molecule has 0 fully saturated rings. The van der Waals surface area contributed by atoms with Crippen molar-refractivity contribution < 1.29 is 14.3 Å². The Morgan fingerprint density at radius 1 is 0.714 bits per heavy atom. The van der Waals surface area contributed by atoms with Crippen molar-refractivity contribution in [3.05, 3.63) is 120 Å². The number of rotatable bonds is 7. The Labute approximate surface area is 205 Å². The Bertz CT molecular complexity index is 1450. The molecule has 1 aromatic heterocycles. The van der Waals surface area contributed by atoms with Crippen LogP contribution in [0.3, 0.4) is 0 Å². The number of aryl methyl sites for hydroxylation is 1. The number of benzene rings is 4. The zero-order chi connectivity index (χ0) is 24.2. The Morgan fingerprint density at radius 3 is 1.83 bits per heavy atom. The molecule has 174 valence electrons. The first-order valence-corrected chi connectivity index (χ1v) is 11.7. The highest BCUT2D eigenvalue weighted by molar-refractivity contribution is 6.01. The maximum Gasteiger partial charge on any atom is 0.228 e. The molecule has 0 unspecified atom stereocenters. The largest absolute Gasteiger partial charge is 0.489 e. The topological polar surface area (TPSA) is 40.5 Å². The predicted molar refractivity (Wildman–Crippen MR) is 140 cm³/mol. The van der Waals surface area contributed by atoms with E-state index < -0.39 is 0 Å². The predicted octanol–water partition coefficient (Wildman–Crippen LogP) is 7.43. The monoisotopic (exact) mass is 461 g/mol. The summed E-state index contributed by atoms with van der Waals surface area (Å²) in [5.41, 5.74) is 6.00. The molecule has 0 saturated carbocycles. The van der Waals surface area contributed by atoms with Gasteiger partial charge in [-0.3, -0.25) is 9.36 Å². The summed E-state index contributed by atoms with van der Waals surface area (Å²) in [6, 6.07) is 34.0. The van der Waals surface area contributed by atoms with Gasteiger partial charge in [0.05, 0.1) is 11.2 Å². The molecule has 0 saturated heterocycles. The normalized spacial score (nSPS) is 10.9. The molecule has 0 aliphatic heterocycles. The Morgan fingerprint density at radius 2 is 1.26 bits per heavy atom. The second kappa shape index (κ2) is 9.90. The van der Waals surface area contributed by atoms with Crippen molar-refractivity contribution in [2.45, 2.75) is 27.1 Å². The molecule has 4 heteroatoms. The molecule has 4 nitrogen and oxygen atoms in total. The maximum atomic E-state index is 12.7. The van der Waals surface area contributed by atoms with Crippen LogP contribution in [-0.2, 0) is 13.2 Å². The van der Waals surface area contributed by atoms with Crippen LogP contribution in [-0.4, -0.2) is 10.5 Å². The summed E-state index contributed by atoms with van der Waals surface area (Å²) in [7, 11) is 0. The third kappa shape index (κ3) is 4.82. The fraction of sp³-hybridized carbons (Fsp3) is 0.129. The molecule has 0 amide bonds. The maximum absolute atomic E-state index is 12.7. The SMILES string of the molecule is CC(=O)n1c(-c2ccc(OCc3ccccc3)cc2)c(C)c2cc(OCc3ccccc3)ccc21. The molecular formula is C31H27NO3. The van der Waals surface area contributed by atoms with Crippen molar-refractivity contribution in [3.8, 4) is 22.8 Å². The van der Waals surface area contributed by atoms with Gasteiger partial charge in [-0.05, 0) is 71.6 Å². The number of hydrogen-bond donors (Lipinski definition) is 0. The van der Waals surface area contributed by atoms with Crippen molar-refractivity contribution in [1.82, 2.24) is 4.57 Å². The summed E-state index contributed by atoms with van der Waals surface area (Å²) in [5, 5.41) is 1.00. The first-order valence-electron chi connectivity index (χ1n) is 11.7. The molecule has 1 heterocycles. The van der Waals surface area contributed by atoms with E-state index in [1.54, 1.807) is 11.5 Å². The number of carbonyl (C=O) groups is 1. The van der Waals surface area contributed by atoms with Crippen LogP contribution in [0.5, 0.6) is 11.5 Å². The number of carbonyl (C=O) groups excluding carboxylic acids is 1. The van der Waals surface area contributed by atoms with E-state index in [1.807, 2.05) is 103 Å². The zero-order valence-corrected chi connectivity index (χ0v) is 19.9. The molecule has 0 bridgehead atoms. The van der Waals surface area contributed by atoms with Crippen LogP contribution < -0.4 is 9.47 Å². The van der Waals surface area contributed by atoms with Gasteiger partial charge in [0.1, 0.15) is 24.7 Å². The van der Waals surface area contributed by atoms with Crippen LogP contribution in [0, 0.1) is 6.92 Å². The van der Waals surface area contributed by atoms with E-state index in [-0.39, 0.29) is 5.91 Å². The van der Waals surface area contributed by atoms with E-state index in [0.29, 0.717) is 13.2 Å². The van der Waals surface area contributed by atoms with Gasteiger partial charge in [0.15, 0.2) is 0 Å². The zero-order valence-electron chi connectivity index (χ0n) is 19.9. The van der Waals surface area contributed by atoms with Crippen LogP contribution in [0.4, 0.5) is 0 Å². The fourth-order valence-corrected chi connectivity index (χ4v) is 4.38. The average Bonchev–Trinajstić information content (AvgIpc) is 3.20. The van der Waals surface area contributed by atoms with E-state index in [0.717, 1.165) is 50.3 Å². The van der Waals surface area contributed by atoms with Gasteiger partial charge in [-0.2, -0.15) is 0 Å². The summed E-state index contributed by atoms with van der Waals surface area (Å²) < 4.78 is 13.8. The molecule has 5 rings (SSSR count). The molecule has 0 N–H and O–H groups in total. The standard InChI is InChI=1S/C31H27NO3/c1-22-29-19-28(35-21-25-11-7-4-8-12-25)17-18-30(29)32(23(2)33)31(22)26-13-15-27(16-14-26)34-20-24-9-5-3-6-10-24/h3-19H,20-21H2,1-2H3. The summed E-state index contributed by atoms with van der Waals surface area (Å²) in [6.07, 6.45) is 0. The molecule has 4 aromatic carbocycles. The van der Waals surface area contributed by atoms with Crippen LogP contribution in [0.25, 0.3) is 22.2 Å². The number of nitrogens with zero attached hydrogens (tertiary/aromatic N) is 1. The summed E-state index contributed by atoms with van der Waals surface area (Å²) in [5.74, 6) is 1.54. The fourth-order valence-electron chi connectivity index (χ4n) is 4.38. The quantitative estimate of drug-likeness (QED) is 0.253. The minimum absolute atomic E-state index is 0.0274. The average molecular weight is 462 g/mol. The van der Waals surface area contributed by atoms with Crippen LogP contribution in [0.15, 0.2) is 103 Å². The smallest absolute Gasteiger partial charge is 0.228 e. The molecule has 0 radical (unpaired) electrons. The van der Waals surface area contributed by atoms with Gasteiger partial charge in [0, 0.05) is 12.3 Å². The number of fused-ring (bicyclic) bond motifs is 1. The van der Waals surface area contributed by atoms with Gasteiger partial charge in [-0.15, -0.1) is 0 Å². The first-order chi connectivity index (χ1) is 17.1. The van der Waals surface area contributed by atoms with E-state index in [1.165, 1.54) is 0 Å². The van der Waals surface area contributed by atoms with Crippen molar-refractivity contribution >= 4 is 16.8 Å². The number of aromatic nitrogens is 1. The molecule has 5 aromatic rings. The van der Waals surface area contributed by atoms with Crippen LogP contribution in [0.2, 0.25) is 0 Å². The summed E-state index contributed by atoms with van der Waals surface area (Å²) >= 11 is 0. The second-order valence-corrected chi connectivity index (χ2v) is 8.58. The summed E-state index contributed by atoms with van der Waals surface area (Å²) in [6.45, 7) is 4.66. The number of hydrogen-bond acceptors (Lipinski definition) is 3. The Balaban J connectivity index is 1.43. The molecule has 0 spiro atoms. The van der Waals surface area contributed by atoms with E-state index in [2.05, 4.69) is 6.92 Å². The van der Waals surface area contributed by atoms with E-state index in [4.69, 9.17) is 9.47 Å². The molecule has 0 aliphatic rings. The van der Waals surface area contributed by atoms with E-state index >= 15 is 0 Å². The lowest BCUT2D eigenvalue weighted by molar-refractivity contribution is 0.0943. The molecule has 35 heavy (non-hydrogen) atoms. The lowest BCUT2D eigenvalue weighted by Gasteiger charge is -2.10. The molecule has 0 atom stereocenters. The van der Waals surface area contributed by atoms with Gasteiger partial charge in [-0.1, -0.05) is 60.7 Å².